The van der Waals surface area contributed by atoms with Gasteiger partial charge in [0, 0.05) is 22.0 Å². The zero-order valence-corrected chi connectivity index (χ0v) is 16.3. The molecule has 0 spiro atoms. The highest BCUT2D eigenvalue weighted by atomic mass is 16.6. The molecule has 4 aliphatic rings. The Morgan fingerprint density at radius 1 is 0.767 bits per heavy atom. The quantitative estimate of drug-likeness (QED) is 0.555. The van der Waals surface area contributed by atoms with E-state index in [0.717, 1.165) is 32.1 Å². The summed E-state index contributed by atoms with van der Waals surface area (Å²) in [6, 6.07) is 9.40. The predicted molar refractivity (Wildman–Crippen MR) is 108 cm³/mol. The molecule has 4 aliphatic carbocycles. The minimum atomic E-state index is -0.521. The molecule has 0 amide bonds. The molecule has 8 nitrogen and oxygen atoms in total. The zero-order valence-electron chi connectivity index (χ0n) is 16.3. The van der Waals surface area contributed by atoms with Crippen molar-refractivity contribution < 1.29 is 20.1 Å². The van der Waals surface area contributed by atoms with E-state index in [2.05, 4.69) is 0 Å². The maximum Gasteiger partial charge on any atom is 0.314 e. The number of nitro groups is 2. The molecule has 4 bridgehead atoms. The Balaban J connectivity index is 1.70. The van der Waals surface area contributed by atoms with Crippen molar-refractivity contribution in [1.82, 2.24) is 0 Å². The van der Waals surface area contributed by atoms with E-state index in [-0.39, 0.29) is 22.9 Å². The number of phenols is 2. The normalized spacial score (nSPS) is 31.6. The van der Waals surface area contributed by atoms with Gasteiger partial charge in [0.25, 0.3) is 0 Å². The monoisotopic (exact) mass is 410 g/mol. The Hall–Kier alpha value is -3.16. The second kappa shape index (κ2) is 6.17. The summed E-state index contributed by atoms with van der Waals surface area (Å²) in [4.78, 5) is 22.6. The van der Waals surface area contributed by atoms with E-state index in [0.29, 0.717) is 29.4 Å². The van der Waals surface area contributed by atoms with Crippen molar-refractivity contribution in [2.75, 3.05) is 0 Å². The lowest BCUT2D eigenvalue weighted by molar-refractivity contribution is -0.387. The standard InChI is InChI=1S/C22H22N2O6/c25-17-5-1-3-15(19(17)23(27)28)21-8-13-7-14(9-21)11-22(10-13,12-21)16-4-2-6-18(26)20(16)24(29)30/h1-6,13-14,25-26H,7-12H2. The van der Waals surface area contributed by atoms with E-state index >= 15 is 0 Å². The number of rotatable bonds is 4. The third kappa shape index (κ3) is 2.52. The molecule has 4 fully saturated rings. The van der Waals surface area contributed by atoms with Gasteiger partial charge in [0.05, 0.1) is 9.85 Å². The summed E-state index contributed by atoms with van der Waals surface area (Å²) < 4.78 is 0. The fraction of sp³-hybridized carbons (Fsp3) is 0.455. The van der Waals surface area contributed by atoms with Gasteiger partial charge in [-0.2, -0.15) is 0 Å². The number of nitrogens with zero attached hydrogens (tertiary/aromatic N) is 2. The number of aromatic hydroxyl groups is 2. The third-order valence-electron chi connectivity index (χ3n) is 7.60. The van der Waals surface area contributed by atoms with Gasteiger partial charge in [-0.25, -0.2) is 0 Å². The molecule has 0 saturated heterocycles. The molecule has 0 aromatic heterocycles. The highest BCUT2D eigenvalue weighted by Gasteiger charge is 2.61. The molecule has 0 atom stereocenters. The van der Waals surface area contributed by atoms with Gasteiger partial charge in [0.1, 0.15) is 0 Å². The first-order chi connectivity index (χ1) is 14.2. The number of hydrogen-bond donors (Lipinski definition) is 2. The topological polar surface area (TPSA) is 127 Å². The Bertz CT molecular complexity index is 986. The van der Waals surface area contributed by atoms with E-state index in [1.54, 1.807) is 24.3 Å². The van der Waals surface area contributed by atoms with Crippen LogP contribution in [-0.2, 0) is 10.8 Å². The lowest BCUT2D eigenvalue weighted by Gasteiger charge is -2.62. The molecule has 4 saturated carbocycles. The summed E-state index contributed by atoms with van der Waals surface area (Å²) in [5.74, 6) is -0.0819. The van der Waals surface area contributed by atoms with E-state index < -0.39 is 20.7 Å². The van der Waals surface area contributed by atoms with Crippen molar-refractivity contribution in [3.8, 4) is 11.5 Å². The predicted octanol–water partition coefficient (Wildman–Crippen LogP) is 4.70. The number of phenolic OH excluding ortho intramolecular Hbond substituents is 2. The SMILES string of the molecule is O=[N+]([O-])c1c(O)cccc1C12CC3CC(C1)CC(c1cccc(O)c1[N+](=O)[O-])(C3)C2. The van der Waals surface area contributed by atoms with E-state index in [1.165, 1.54) is 12.1 Å². The molecule has 0 unspecified atom stereocenters. The van der Waals surface area contributed by atoms with Crippen LogP contribution in [0.25, 0.3) is 0 Å². The molecular formula is C22H22N2O6. The van der Waals surface area contributed by atoms with Crippen molar-refractivity contribution in [2.24, 2.45) is 11.8 Å². The summed E-state index contributed by atoms with van der Waals surface area (Å²) >= 11 is 0. The molecule has 0 heterocycles. The van der Waals surface area contributed by atoms with Gasteiger partial charge < -0.3 is 10.2 Å². The van der Waals surface area contributed by atoms with Crippen LogP contribution in [0.1, 0.15) is 49.7 Å². The second-order valence-electron chi connectivity index (χ2n) is 9.38. The first-order valence-corrected chi connectivity index (χ1v) is 10.2. The van der Waals surface area contributed by atoms with Crippen LogP contribution in [0.2, 0.25) is 0 Å². The molecule has 2 N–H and O–H groups in total. The first-order valence-electron chi connectivity index (χ1n) is 10.2. The van der Waals surface area contributed by atoms with Crippen LogP contribution in [0.5, 0.6) is 11.5 Å². The van der Waals surface area contributed by atoms with Crippen LogP contribution in [0.4, 0.5) is 11.4 Å². The third-order valence-corrected chi connectivity index (χ3v) is 7.60. The first kappa shape index (κ1) is 18.8. The van der Waals surface area contributed by atoms with Crippen LogP contribution >= 0.6 is 0 Å². The average molecular weight is 410 g/mol. The number of hydrogen-bond acceptors (Lipinski definition) is 6. The van der Waals surface area contributed by atoms with Crippen LogP contribution in [-0.4, -0.2) is 20.1 Å². The lowest BCUT2D eigenvalue weighted by atomic mass is 9.41. The molecule has 156 valence electrons. The molecule has 30 heavy (non-hydrogen) atoms. The number of nitro benzene ring substituents is 2. The van der Waals surface area contributed by atoms with Crippen LogP contribution in [0.15, 0.2) is 36.4 Å². The molecule has 2 aromatic rings. The second-order valence-corrected chi connectivity index (χ2v) is 9.38. The Kier molecular flexibility index (Phi) is 3.87. The fourth-order valence-corrected chi connectivity index (χ4v) is 7.20. The molecule has 8 heteroatoms. The Morgan fingerprint density at radius 2 is 1.17 bits per heavy atom. The van der Waals surface area contributed by atoms with Crippen LogP contribution < -0.4 is 0 Å². The maximum absolute atomic E-state index is 11.8. The van der Waals surface area contributed by atoms with Gasteiger partial charge >= 0.3 is 11.4 Å². The van der Waals surface area contributed by atoms with E-state index in [1.807, 2.05) is 0 Å². The molecule has 6 rings (SSSR count). The molecule has 0 aliphatic heterocycles. The van der Waals surface area contributed by atoms with Crippen molar-refractivity contribution in [3.63, 3.8) is 0 Å². The molecular weight excluding hydrogens is 388 g/mol. The van der Waals surface area contributed by atoms with Crippen molar-refractivity contribution in [1.29, 1.82) is 0 Å². The highest BCUT2D eigenvalue weighted by Crippen LogP contribution is 2.68. The van der Waals surface area contributed by atoms with Gasteiger partial charge in [0.2, 0.25) is 0 Å². The number of para-hydroxylation sites is 2. The van der Waals surface area contributed by atoms with Gasteiger partial charge in [-0.05, 0) is 62.5 Å². The minimum Gasteiger partial charge on any atom is -0.502 e. The van der Waals surface area contributed by atoms with Crippen molar-refractivity contribution in [3.05, 3.63) is 67.8 Å². The average Bonchev–Trinajstić information content (AvgIpc) is 2.66. The summed E-state index contributed by atoms with van der Waals surface area (Å²) in [7, 11) is 0. The lowest BCUT2D eigenvalue weighted by Crippen LogP contribution is -2.56. The maximum atomic E-state index is 11.8. The smallest absolute Gasteiger partial charge is 0.314 e. The summed E-state index contributed by atoms with van der Waals surface area (Å²) in [5, 5.41) is 44.1. The largest absolute Gasteiger partial charge is 0.502 e. The minimum absolute atomic E-state index is 0.250. The summed E-state index contributed by atoms with van der Waals surface area (Å²) in [6.07, 6.45) is 4.68. The number of benzene rings is 2. The fourth-order valence-electron chi connectivity index (χ4n) is 7.20. The zero-order chi connectivity index (χ0) is 21.3. The van der Waals surface area contributed by atoms with E-state index in [4.69, 9.17) is 0 Å². The Morgan fingerprint density at radius 3 is 1.53 bits per heavy atom. The van der Waals surface area contributed by atoms with Gasteiger partial charge in [-0.1, -0.05) is 24.3 Å². The Labute approximate surface area is 172 Å². The van der Waals surface area contributed by atoms with Gasteiger partial charge in [-0.3, -0.25) is 20.2 Å². The summed E-state index contributed by atoms with van der Waals surface area (Å²) in [6.45, 7) is 0. The van der Waals surface area contributed by atoms with Gasteiger partial charge in [0.15, 0.2) is 11.5 Å². The van der Waals surface area contributed by atoms with Crippen LogP contribution in [0.3, 0.4) is 0 Å². The van der Waals surface area contributed by atoms with Crippen LogP contribution in [0, 0.1) is 32.1 Å². The van der Waals surface area contributed by atoms with Crippen molar-refractivity contribution >= 4 is 11.4 Å². The highest BCUT2D eigenvalue weighted by molar-refractivity contribution is 5.59. The van der Waals surface area contributed by atoms with E-state index in [9.17, 15) is 30.4 Å². The van der Waals surface area contributed by atoms with Gasteiger partial charge in [-0.15, -0.1) is 0 Å². The van der Waals surface area contributed by atoms with Crippen molar-refractivity contribution in [2.45, 2.75) is 49.4 Å². The summed E-state index contributed by atoms with van der Waals surface area (Å²) in [5.41, 5.74) is -0.447. The molecule has 2 aromatic carbocycles. The molecule has 0 radical (unpaired) electrons.